The van der Waals surface area contributed by atoms with E-state index in [1.165, 1.54) is 0 Å². The van der Waals surface area contributed by atoms with Crippen LogP contribution in [0, 0.1) is 0 Å². The van der Waals surface area contributed by atoms with Gasteiger partial charge in [0.25, 0.3) is 0 Å². The van der Waals surface area contributed by atoms with Crippen LogP contribution in [0.25, 0.3) is 0 Å². The number of allylic oxidation sites excluding steroid dienone is 2. The van der Waals surface area contributed by atoms with Gasteiger partial charge in [0, 0.05) is 4.91 Å². The zero-order valence-corrected chi connectivity index (χ0v) is 8.22. The van der Waals surface area contributed by atoms with E-state index in [0.717, 1.165) is 12.8 Å². The van der Waals surface area contributed by atoms with Gasteiger partial charge in [-0.15, -0.1) is 12.6 Å². The van der Waals surface area contributed by atoms with Crippen LogP contribution >= 0.6 is 12.6 Å². The van der Waals surface area contributed by atoms with Gasteiger partial charge in [0.15, 0.2) is 0 Å². The van der Waals surface area contributed by atoms with Gasteiger partial charge in [-0.05, 0) is 12.8 Å². The maximum absolute atomic E-state index is 11.3. The smallest absolute Gasteiger partial charge is 0.339 e. The Hall–Kier alpha value is -0.960. The maximum Gasteiger partial charge on any atom is 0.339 e. The van der Waals surface area contributed by atoms with Crippen molar-refractivity contribution in [2.75, 3.05) is 6.61 Å². The molecule has 0 amide bonds. The average Bonchev–Trinajstić information content (AvgIpc) is 2.15. The van der Waals surface area contributed by atoms with Crippen LogP contribution in [0.3, 0.4) is 0 Å². The van der Waals surface area contributed by atoms with Crippen LogP contribution in [-0.4, -0.2) is 12.6 Å². The summed E-state index contributed by atoms with van der Waals surface area (Å²) < 4.78 is 4.89. The molecule has 2 nitrogen and oxygen atoms in total. The molecule has 0 bridgehead atoms. The maximum atomic E-state index is 11.3. The van der Waals surface area contributed by atoms with Crippen LogP contribution in [0.5, 0.6) is 0 Å². The Morgan fingerprint density at radius 3 is 2.92 bits per heavy atom. The van der Waals surface area contributed by atoms with Crippen molar-refractivity contribution in [2.24, 2.45) is 0 Å². The largest absolute Gasteiger partial charge is 0.458 e. The molecule has 0 aromatic carbocycles. The van der Waals surface area contributed by atoms with Crippen molar-refractivity contribution in [3.63, 3.8) is 0 Å². The molecule has 0 saturated heterocycles. The topological polar surface area (TPSA) is 26.3 Å². The Morgan fingerprint density at radius 1 is 1.62 bits per heavy atom. The molecule has 0 N–H and O–H groups in total. The van der Waals surface area contributed by atoms with Crippen LogP contribution in [0.2, 0.25) is 0 Å². The van der Waals surface area contributed by atoms with E-state index in [1.807, 2.05) is 12.2 Å². The molecular formula is C10H12O2S. The van der Waals surface area contributed by atoms with E-state index < -0.39 is 0 Å². The molecule has 13 heavy (non-hydrogen) atoms. The van der Waals surface area contributed by atoms with Gasteiger partial charge in [-0.25, -0.2) is 4.79 Å². The quantitative estimate of drug-likeness (QED) is 0.425. The van der Waals surface area contributed by atoms with Crippen LogP contribution < -0.4 is 0 Å². The number of thiol groups is 1. The third-order valence-corrected chi connectivity index (χ3v) is 2.10. The number of ether oxygens (including phenoxy) is 1. The minimum Gasteiger partial charge on any atom is -0.458 e. The third kappa shape index (κ3) is 2.77. The number of hydrogen-bond donors (Lipinski definition) is 1. The van der Waals surface area contributed by atoms with Gasteiger partial charge >= 0.3 is 5.97 Å². The molecule has 0 heterocycles. The second kappa shape index (κ2) is 4.92. The highest BCUT2D eigenvalue weighted by Crippen LogP contribution is 2.22. The SMILES string of the molecule is C=CCOC(=O)C1=CCCC=C1S. The highest BCUT2D eigenvalue weighted by Gasteiger charge is 2.14. The highest BCUT2D eigenvalue weighted by molar-refractivity contribution is 7.84. The van der Waals surface area contributed by atoms with Gasteiger partial charge in [0.2, 0.25) is 0 Å². The summed E-state index contributed by atoms with van der Waals surface area (Å²) in [5.41, 5.74) is 0.566. The first-order valence-corrected chi connectivity index (χ1v) is 4.58. The molecule has 0 spiro atoms. The van der Waals surface area contributed by atoms with Gasteiger partial charge in [0.1, 0.15) is 6.61 Å². The fourth-order valence-corrected chi connectivity index (χ4v) is 1.37. The zero-order chi connectivity index (χ0) is 9.68. The molecule has 0 saturated carbocycles. The lowest BCUT2D eigenvalue weighted by molar-refractivity contribution is -0.137. The Balaban J connectivity index is 2.60. The summed E-state index contributed by atoms with van der Waals surface area (Å²) in [4.78, 5) is 12.0. The molecule has 0 aliphatic heterocycles. The van der Waals surface area contributed by atoms with Crippen molar-refractivity contribution in [1.29, 1.82) is 0 Å². The van der Waals surface area contributed by atoms with Crippen molar-refractivity contribution in [3.05, 3.63) is 35.3 Å². The van der Waals surface area contributed by atoms with E-state index in [0.29, 0.717) is 10.5 Å². The normalized spacial score (nSPS) is 15.8. The monoisotopic (exact) mass is 196 g/mol. The third-order valence-electron chi connectivity index (χ3n) is 1.68. The molecule has 0 fully saturated rings. The molecule has 70 valence electrons. The summed E-state index contributed by atoms with van der Waals surface area (Å²) >= 11 is 4.18. The van der Waals surface area contributed by atoms with E-state index in [4.69, 9.17) is 4.74 Å². The first kappa shape index (κ1) is 10.1. The summed E-state index contributed by atoms with van der Waals surface area (Å²) in [5.74, 6) is -0.319. The van der Waals surface area contributed by atoms with Crippen LogP contribution in [0.15, 0.2) is 35.3 Å². The summed E-state index contributed by atoms with van der Waals surface area (Å²) in [7, 11) is 0. The molecule has 0 atom stereocenters. The second-order valence-electron chi connectivity index (χ2n) is 2.67. The lowest BCUT2D eigenvalue weighted by Crippen LogP contribution is -2.09. The van der Waals surface area contributed by atoms with Crippen LogP contribution in [0.4, 0.5) is 0 Å². The van der Waals surface area contributed by atoms with Gasteiger partial charge < -0.3 is 4.74 Å². The predicted octanol–water partition coefficient (Wildman–Crippen LogP) is 2.25. The fourth-order valence-electron chi connectivity index (χ4n) is 1.06. The van der Waals surface area contributed by atoms with E-state index >= 15 is 0 Å². The Morgan fingerprint density at radius 2 is 2.31 bits per heavy atom. The van der Waals surface area contributed by atoms with Crippen molar-refractivity contribution >= 4 is 18.6 Å². The molecule has 0 unspecified atom stereocenters. The molecule has 0 aromatic heterocycles. The number of rotatable bonds is 3. The molecule has 1 aliphatic carbocycles. The lowest BCUT2D eigenvalue weighted by Gasteiger charge is -2.10. The molecule has 3 heteroatoms. The van der Waals surface area contributed by atoms with Gasteiger partial charge in [-0.2, -0.15) is 0 Å². The first-order valence-electron chi connectivity index (χ1n) is 4.13. The fraction of sp³-hybridized carbons (Fsp3) is 0.300. The second-order valence-corrected chi connectivity index (χ2v) is 3.15. The van der Waals surface area contributed by atoms with E-state index in [2.05, 4.69) is 19.2 Å². The Bertz CT molecular complexity index is 277. The molecule has 0 aromatic rings. The lowest BCUT2D eigenvalue weighted by atomic mass is 10.1. The van der Waals surface area contributed by atoms with E-state index in [1.54, 1.807) is 6.08 Å². The summed E-state index contributed by atoms with van der Waals surface area (Å²) in [6, 6.07) is 0. The number of hydrogen-bond acceptors (Lipinski definition) is 3. The Kier molecular flexibility index (Phi) is 3.83. The number of esters is 1. The molecule has 1 aliphatic rings. The molecule has 0 radical (unpaired) electrons. The van der Waals surface area contributed by atoms with Crippen molar-refractivity contribution in [1.82, 2.24) is 0 Å². The molecular weight excluding hydrogens is 184 g/mol. The van der Waals surface area contributed by atoms with Gasteiger partial charge in [-0.3, -0.25) is 0 Å². The zero-order valence-electron chi connectivity index (χ0n) is 7.32. The minimum absolute atomic E-state index is 0.247. The number of carbonyl (C=O) groups is 1. The highest BCUT2D eigenvalue weighted by atomic mass is 32.1. The Labute approximate surface area is 83.4 Å². The predicted molar refractivity (Wildman–Crippen MR) is 55.5 cm³/mol. The first-order chi connectivity index (χ1) is 6.25. The summed E-state index contributed by atoms with van der Waals surface area (Å²) in [5, 5.41) is 0. The van der Waals surface area contributed by atoms with E-state index in [-0.39, 0.29) is 12.6 Å². The van der Waals surface area contributed by atoms with Gasteiger partial charge in [0.05, 0.1) is 5.57 Å². The van der Waals surface area contributed by atoms with Crippen LogP contribution in [-0.2, 0) is 9.53 Å². The summed E-state index contributed by atoms with van der Waals surface area (Å²) in [6.45, 7) is 3.71. The van der Waals surface area contributed by atoms with Crippen molar-refractivity contribution < 1.29 is 9.53 Å². The van der Waals surface area contributed by atoms with Crippen molar-refractivity contribution in [2.45, 2.75) is 12.8 Å². The van der Waals surface area contributed by atoms with Gasteiger partial charge in [-0.1, -0.05) is 24.8 Å². The molecule has 1 rings (SSSR count). The average molecular weight is 196 g/mol. The van der Waals surface area contributed by atoms with Crippen molar-refractivity contribution in [3.8, 4) is 0 Å². The summed E-state index contributed by atoms with van der Waals surface area (Å²) in [6.07, 6.45) is 7.14. The standard InChI is InChI=1S/C10H12O2S/c1-2-7-12-10(11)8-5-3-4-6-9(8)13/h2,5-6,13H,1,3-4,7H2. The number of carbonyl (C=O) groups excluding carboxylic acids is 1. The van der Waals surface area contributed by atoms with Crippen LogP contribution in [0.1, 0.15) is 12.8 Å². The van der Waals surface area contributed by atoms with E-state index in [9.17, 15) is 4.79 Å². The minimum atomic E-state index is -0.319.